The van der Waals surface area contributed by atoms with E-state index in [9.17, 15) is 9.59 Å². The Balaban J connectivity index is 1.81. The Labute approximate surface area is 135 Å². The fraction of sp³-hybridized carbons (Fsp3) is 0.200. The van der Waals surface area contributed by atoms with Gasteiger partial charge < -0.3 is 4.74 Å². The van der Waals surface area contributed by atoms with Gasteiger partial charge in [-0.25, -0.2) is 9.67 Å². The van der Waals surface area contributed by atoms with Crippen LogP contribution in [0.5, 0.6) is 0 Å². The zero-order chi connectivity index (χ0) is 16.2. The molecule has 1 N–H and O–H groups in total. The van der Waals surface area contributed by atoms with Crippen molar-refractivity contribution in [2.75, 3.05) is 19.0 Å². The predicted molar refractivity (Wildman–Crippen MR) is 87.9 cm³/mol. The molecule has 1 aromatic carbocycles. The van der Waals surface area contributed by atoms with Crippen LogP contribution in [0, 0.1) is 0 Å². The number of benzene rings is 1. The second kappa shape index (κ2) is 6.67. The molecule has 2 heterocycles. The van der Waals surface area contributed by atoms with Crippen LogP contribution < -0.4 is 10.9 Å². The van der Waals surface area contributed by atoms with Gasteiger partial charge in [0.15, 0.2) is 5.13 Å². The highest BCUT2D eigenvalue weighted by atomic mass is 32.1. The molecular weight excluding hydrogens is 316 g/mol. The third kappa shape index (κ3) is 3.43. The van der Waals surface area contributed by atoms with Crippen molar-refractivity contribution < 1.29 is 9.53 Å². The summed E-state index contributed by atoms with van der Waals surface area (Å²) < 4.78 is 7.11. The Kier molecular flexibility index (Phi) is 4.45. The first-order valence-corrected chi connectivity index (χ1v) is 7.73. The van der Waals surface area contributed by atoms with Gasteiger partial charge in [-0.15, -0.1) is 0 Å². The summed E-state index contributed by atoms with van der Waals surface area (Å²) >= 11 is 1.38. The number of fused-ring (bicyclic) bond motifs is 1. The van der Waals surface area contributed by atoms with Gasteiger partial charge in [-0.2, -0.15) is 5.10 Å². The number of hydrogen-bond acceptors (Lipinski definition) is 6. The van der Waals surface area contributed by atoms with E-state index in [4.69, 9.17) is 4.74 Å². The van der Waals surface area contributed by atoms with Crippen LogP contribution in [-0.2, 0) is 11.3 Å². The number of hydrogen-bond donors (Lipinski definition) is 1. The average molecular weight is 330 g/mol. The van der Waals surface area contributed by atoms with E-state index >= 15 is 0 Å². The van der Waals surface area contributed by atoms with Crippen LogP contribution in [0.1, 0.15) is 10.5 Å². The maximum atomic E-state index is 12.3. The smallest absolute Gasteiger partial charge is 0.277 e. The fourth-order valence-corrected chi connectivity index (χ4v) is 2.86. The molecular formula is C15H14N4O3S. The summed E-state index contributed by atoms with van der Waals surface area (Å²) in [5.74, 6) is -0.407. The number of thiazole rings is 1. The van der Waals surface area contributed by atoms with Crippen LogP contribution in [0.3, 0.4) is 0 Å². The third-order valence-electron chi connectivity index (χ3n) is 3.12. The molecule has 2 aromatic heterocycles. The molecule has 0 saturated carbocycles. The summed E-state index contributed by atoms with van der Waals surface area (Å²) in [7, 11) is 1.54. The zero-order valence-electron chi connectivity index (χ0n) is 12.4. The number of nitrogens with zero attached hydrogens (tertiary/aromatic N) is 3. The minimum Gasteiger partial charge on any atom is -0.383 e. The first-order valence-electron chi connectivity index (χ1n) is 6.91. The van der Waals surface area contributed by atoms with Gasteiger partial charge in [-0.1, -0.05) is 23.5 Å². The lowest BCUT2D eigenvalue weighted by Crippen LogP contribution is -2.27. The minimum absolute atomic E-state index is 0.153. The van der Waals surface area contributed by atoms with Gasteiger partial charge in [0.1, 0.15) is 5.69 Å². The maximum absolute atomic E-state index is 12.3. The molecule has 0 aliphatic heterocycles. The summed E-state index contributed by atoms with van der Waals surface area (Å²) in [6.45, 7) is 0.632. The number of ether oxygens (including phenoxy) is 1. The molecule has 0 spiro atoms. The van der Waals surface area contributed by atoms with Crippen molar-refractivity contribution in [1.82, 2.24) is 14.8 Å². The maximum Gasteiger partial charge on any atom is 0.277 e. The van der Waals surface area contributed by atoms with Crippen molar-refractivity contribution in [2.45, 2.75) is 6.54 Å². The molecule has 0 atom stereocenters. The summed E-state index contributed by atoms with van der Waals surface area (Å²) in [6, 6.07) is 10.3. The quantitative estimate of drug-likeness (QED) is 0.770. The monoisotopic (exact) mass is 330 g/mol. The van der Waals surface area contributed by atoms with Crippen LogP contribution >= 0.6 is 11.3 Å². The molecule has 0 aliphatic rings. The van der Waals surface area contributed by atoms with Crippen LogP contribution in [0.2, 0.25) is 0 Å². The number of nitrogens with one attached hydrogen (secondary N) is 1. The highest BCUT2D eigenvalue weighted by molar-refractivity contribution is 7.22. The molecule has 0 aliphatic carbocycles. The second-order valence-electron chi connectivity index (χ2n) is 4.71. The number of carbonyl (C=O) groups is 1. The molecule has 7 nitrogen and oxygen atoms in total. The Morgan fingerprint density at radius 2 is 2.13 bits per heavy atom. The standard InChI is InChI=1S/C15H14N4O3S/c1-22-9-8-19-13(20)7-6-11(18-19)14(21)17-15-16-10-4-2-3-5-12(10)23-15/h2-7H,8-9H2,1H3,(H,16,17,21). The van der Waals surface area contributed by atoms with Crippen molar-refractivity contribution in [2.24, 2.45) is 0 Å². The van der Waals surface area contributed by atoms with E-state index in [0.29, 0.717) is 11.7 Å². The molecule has 118 valence electrons. The number of rotatable bonds is 5. The van der Waals surface area contributed by atoms with Crippen molar-refractivity contribution in [3.63, 3.8) is 0 Å². The van der Waals surface area contributed by atoms with E-state index in [1.807, 2.05) is 24.3 Å². The van der Waals surface area contributed by atoms with Crippen molar-refractivity contribution in [3.05, 3.63) is 52.4 Å². The molecule has 0 fully saturated rings. The topological polar surface area (TPSA) is 86.1 Å². The molecule has 3 aromatic rings. The third-order valence-corrected chi connectivity index (χ3v) is 4.07. The predicted octanol–water partition coefficient (Wildman–Crippen LogP) is 1.75. The first kappa shape index (κ1) is 15.3. The Morgan fingerprint density at radius 1 is 1.30 bits per heavy atom. The van der Waals surface area contributed by atoms with Crippen LogP contribution in [0.4, 0.5) is 5.13 Å². The van der Waals surface area contributed by atoms with Crippen LogP contribution in [0.15, 0.2) is 41.2 Å². The molecule has 3 rings (SSSR count). The number of amides is 1. The van der Waals surface area contributed by atoms with Gasteiger partial charge in [-0.3, -0.25) is 14.9 Å². The molecule has 0 saturated heterocycles. The van der Waals surface area contributed by atoms with E-state index in [2.05, 4.69) is 15.4 Å². The molecule has 1 amide bonds. The molecule has 0 unspecified atom stereocenters. The number of anilines is 1. The van der Waals surface area contributed by atoms with Crippen LogP contribution in [-0.4, -0.2) is 34.4 Å². The van der Waals surface area contributed by atoms with Gasteiger partial charge in [0.25, 0.3) is 11.5 Å². The van der Waals surface area contributed by atoms with E-state index in [0.717, 1.165) is 10.2 Å². The van der Waals surface area contributed by atoms with Gasteiger partial charge in [0, 0.05) is 13.2 Å². The second-order valence-corrected chi connectivity index (χ2v) is 5.74. The van der Waals surface area contributed by atoms with Gasteiger partial charge in [0.2, 0.25) is 0 Å². The normalized spacial score (nSPS) is 10.8. The Morgan fingerprint density at radius 3 is 2.91 bits per heavy atom. The highest BCUT2D eigenvalue weighted by Gasteiger charge is 2.12. The van der Waals surface area contributed by atoms with Gasteiger partial charge in [-0.05, 0) is 18.2 Å². The van der Waals surface area contributed by atoms with Gasteiger partial charge in [0.05, 0.1) is 23.4 Å². The van der Waals surface area contributed by atoms with E-state index in [1.54, 1.807) is 0 Å². The zero-order valence-corrected chi connectivity index (χ0v) is 13.2. The minimum atomic E-state index is -0.407. The van der Waals surface area contributed by atoms with Crippen LogP contribution in [0.25, 0.3) is 10.2 Å². The molecule has 0 radical (unpaired) electrons. The SMILES string of the molecule is COCCn1nc(C(=O)Nc2nc3ccccc3s2)ccc1=O. The van der Waals surface area contributed by atoms with E-state index in [1.165, 1.54) is 35.3 Å². The molecule has 23 heavy (non-hydrogen) atoms. The summed E-state index contributed by atoms with van der Waals surface area (Å²) in [5, 5.41) is 7.25. The van der Waals surface area contributed by atoms with Gasteiger partial charge >= 0.3 is 0 Å². The first-order chi connectivity index (χ1) is 11.2. The number of carbonyl (C=O) groups excluding carboxylic acids is 1. The largest absolute Gasteiger partial charge is 0.383 e. The number of para-hydroxylation sites is 1. The lowest BCUT2D eigenvalue weighted by Gasteiger charge is -2.06. The summed E-state index contributed by atoms with van der Waals surface area (Å²) in [4.78, 5) is 28.3. The number of methoxy groups -OCH3 is 1. The Bertz CT molecular complexity index is 870. The molecule has 0 bridgehead atoms. The van der Waals surface area contributed by atoms with Crippen molar-refractivity contribution in [1.29, 1.82) is 0 Å². The van der Waals surface area contributed by atoms with Crippen molar-refractivity contribution in [3.8, 4) is 0 Å². The lowest BCUT2D eigenvalue weighted by molar-refractivity contribution is 0.101. The summed E-state index contributed by atoms with van der Waals surface area (Å²) in [6.07, 6.45) is 0. The number of aromatic nitrogens is 3. The van der Waals surface area contributed by atoms with E-state index in [-0.39, 0.29) is 17.8 Å². The lowest BCUT2D eigenvalue weighted by atomic mass is 10.3. The van der Waals surface area contributed by atoms with Crippen molar-refractivity contribution >= 4 is 32.6 Å². The fourth-order valence-electron chi connectivity index (χ4n) is 1.99. The summed E-state index contributed by atoms with van der Waals surface area (Å²) in [5.41, 5.74) is 0.698. The highest BCUT2D eigenvalue weighted by Crippen LogP contribution is 2.25. The Hall–Kier alpha value is -2.58. The van der Waals surface area contributed by atoms with E-state index < -0.39 is 5.91 Å². The molecule has 8 heteroatoms. The average Bonchev–Trinajstić information content (AvgIpc) is 2.96.